The summed E-state index contributed by atoms with van der Waals surface area (Å²) in [6.07, 6.45) is 0. The molecule has 0 rings (SSSR count). The molecule has 3 N–H and O–H groups in total. The topological polar surface area (TPSA) is 63.9 Å². The molecule has 0 aliphatic heterocycles. The van der Waals surface area contributed by atoms with Crippen LogP contribution >= 0.6 is 0 Å². The van der Waals surface area contributed by atoms with Crippen molar-refractivity contribution in [2.24, 2.45) is 0 Å². The third kappa shape index (κ3) is 8.26. The van der Waals surface area contributed by atoms with Crippen molar-refractivity contribution in [2.45, 2.75) is 0 Å². The van der Waals surface area contributed by atoms with Gasteiger partial charge in [0.2, 0.25) is 0 Å². The molecule has 0 aliphatic rings. The van der Waals surface area contributed by atoms with Crippen LogP contribution in [0.2, 0.25) is 0 Å². The second-order valence-corrected chi connectivity index (χ2v) is 2.01. The average Bonchev–Trinajstić information content (AvgIpc) is 1.90. The normalized spacial score (nSPS) is 9.82. The molecule has 0 aromatic carbocycles. The molecule has 0 saturated heterocycles. The van der Waals surface area contributed by atoms with E-state index in [9.17, 15) is 0 Å². The standard InChI is InChI=1S/C6H15NO3.Fe/c8-4-1-7(2-5-9)3-6-10;/h8-10H,1-6H2;. The molecule has 0 aliphatic carbocycles. The molecule has 0 atom stereocenters. The van der Waals surface area contributed by atoms with E-state index in [0.29, 0.717) is 19.6 Å². The largest absolute Gasteiger partial charge is 0.395 e. The van der Waals surface area contributed by atoms with Crippen LogP contribution in [0.25, 0.3) is 0 Å². The minimum absolute atomic E-state index is 0. The minimum Gasteiger partial charge on any atom is -0.395 e. The molecule has 0 heterocycles. The number of aliphatic hydroxyl groups is 3. The molecule has 4 nitrogen and oxygen atoms in total. The molecule has 0 unspecified atom stereocenters. The fraction of sp³-hybridized carbons (Fsp3) is 1.00. The zero-order valence-corrected chi connectivity index (χ0v) is 7.49. The maximum Gasteiger partial charge on any atom is 0.0558 e. The summed E-state index contributed by atoms with van der Waals surface area (Å²) in [6.45, 7) is 1.75. The monoisotopic (exact) mass is 205 g/mol. The zero-order valence-electron chi connectivity index (χ0n) is 6.39. The summed E-state index contributed by atoms with van der Waals surface area (Å²) >= 11 is 0. The molecule has 0 aromatic heterocycles. The summed E-state index contributed by atoms with van der Waals surface area (Å²) in [6, 6.07) is 0. The van der Waals surface area contributed by atoms with E-state index in [1.54, 1.807) is 4.90 Å². The van der Waals surface area contributed by atoms with Crippen LogP contribution in [0.4, 0.5) is 0 Å². The molecule has 11 heavy (non-hydrogen) atoms. The molecule has 0 saturated carbocycles. The fourth-order valence-corrected chi connectivity index (χ4v) is 0.760. The minimum atomic E-state index is 0. The molecule has 0 bridgehead atoms. The van der Waals surface area contributed by atoms with E-state index in [-0.39, 0.29) is 36.9 Å². The van der Waals surface area contributed by atoms with Gasteiger partial charge in [-0.05, 0) is 0 Å². The van der Waals surface area contributed by atoms with E-state index in [2.05, 4.69) is 0 Å². The van der Waals surface area contributed by atoms with Crippen molar-refractivity contribution in [2.75, 3.05) is 39.5 Å². The summed E-state index contributed by atoms with van der Waals surface area (Å²) in [7, 11) is 0. The third-order valence-electron chi connectivity index (χ3n) is 1.25. The van der Waals surface area contributed by atoms with Crippen LogP contribution < -0.4 is 0 Å². The van der Waals surface area contributed by atoms with Crippen LogP contribution in [-0.4, -0.2) is 59.7 Å². The van der Waals surface area contributed by atoms with Crippen LogP contribution in [-0.2, 0) is 17.1 Å². The van der Waals surface area contributed by atoms with E-state index < -0.39 is 0 Å². The van der Waals surface area contributed by atoms with Gasteiger partial charge in [-0.2, -0.15) is 0 Å². The van der Waals surface area contributed by atoms with Crippen LogP contribution in [0.1, 0.15) is 0 Å². The van der Waals surface area contributed by atoms with Gasteiger partial charge in [-0.1, -0.05) is 0 Å². The van der Waals surface area contributed by atoms with Crippen LogP contribution in [0.15, 0.2) is 0 Å². The molecule has 70 valence electrons. The van der Waals surface area contributed by atoms with Gasteiger partial charge in [0.15, 0.2) is 0 Å². The van der Waals surface area contributed by atoms with Gasteiger partial charge in [-0.3, -0.25) is 4.90 Å². The van der Waals surface area contributed by atoms with Crippen molar-refractivity contribution in [3.63, 3.8) is 0 Å². The fourth-order valence-electron chi connectivity index (χ4n) is 0.760. The summed E-state index contributed by atoms with van der Waals surface area (Å²) in [5, 5.41) is 25.5. The molecule has 0 aromatic rings. The van der Waals surface area contributed by atoms with Crippen molar-refractivity contribution < 1.29 is 32.4 Å². The first-order valence-electron chi connectivity index (χ1n) is 3.40. The first-order valence-corrected chi connectivity index (χ1v) is 3.40. The van der Waals surface area contributed by atoms with Gasteiger partial charge in [0.25, 0.3) is 0 Å². The van der Waals surface area contributed by atoms with Crippen molar-refractivity contribution >= 4 is 0 Å². The van der Waals surface area contributed by atoms with Crippen LogP contribution in [0, 0.1) is 0 Å². The Balaban J connectivity index is 0. The van der Waals surface area contributed by atoms with Gasteiger partial charge >= 0.3 is 0 Å². The van der Waals surface area contributed by atoms with Crippen molar-refractivity contribution in [1.82, 2.24) is 4.90 Å². The number of rotatable bonds is 6. The summed E-state index contributed by atoms with van der Waals surface area (Å²) < 4.78 is 0. The second kappa shape index (κ2) is 10.4. The number of nitrogens with zero attached hydrogens (tertiary/aromatic N) is 1. The van der Waals surface area contributed by atoms with Crippen molar-refractivity contribution in [1.29, 1.82) is 0 Å². The van der Waals surface area contributed by atoms with E-state index in [1.807, 2.05) is 0 Å². The molecular weight excluding hydrogens is 190 g/mol. The van der Waals surface area contributed by atoms with E-state index >= 15 is 0 Å². The number of hydrogen-bond acceptors (Lipinski definition) is 4. The van der Waals surface area contributed by atoms with Gasteiger partial charge in [0.05, 0.1) is 19.8 Å². The van der Waals surface area contributed by atoms with E-state index in [1.165, 1.54) is 0 Å². The number of aliphatic hydroxyl groups excluding tert-OH is 3. The molecule has 0 radical (unpaired) electrons. The predicted octanol–water partition coefficient (Wildman–Crippen LogP) is -1.74. The van der Waals surface area contributed by atoms with Gasteiger partial charge in [0.1, 0.15) is 0 Å². The summed E-state index contributed by atoms with van der Waals surface area (Å²) in [5.41, 5.74) is 0. The van der Waals surface area contributed by atoms with Crippen LogP contribution in [0.5, 0.6) is 0 Å². The first-order chi connectivity index (χ1) is 4.85. The Bertz CT molecular complexity index is 60.6. The average molecular weight is 205 g/mol. The second-order valence-electron chi connectivity index (χ2n) is 2.01. The van der Waals surface area contributed by atoms with Crippen LogP contribution in [0.3, 0.4) is 0 Å². The molecule has 0 spiro atoms. The zero-order chi connectivity index (χ0) is 7.82. The Morgan fingerprint density at radius 1 is 0.727 bits per heavy atom. The first kappa shape index (κ1) is 13.9. The smallest absolute Gasteiger partial charge is 0.0558 e. The molecule has 0 amide bonds. The Kier molecular flexibility index (Phi) is 13.1. The van der Waals surface area contributed by atoms with Gasteiger partial charge in [-0.25, -0.2) is 0 Å². The summed E-state index contributed by atoms with van der Waals surface area (Å²) in [5.74, 6) is 0. The SMILES string of the molecule is OCCN(CCO)CCO.[Fe]. The van der Waals surface area contributed by atoms with Crippen molar-refractivity contribution in [3.8, 4) is 0 Å². The predicted molar refractivity (Wildman–Crippen MR) is 37.7 cm³/mol. The maximum atomic E-state index is 8.48. The number of hydrogen-bond donors (Lipinski definition) is 3. The van der Waals surface area contributed by atoms with Gasteiger partial charge in [-0.15, -0.1) is 0 Å². The summed E-state index contributed by atoms with van der Waals surface area (Å²) in [4.78, 5) is 1.79. The maximum absolute atomic E-state index is 8.48. The Morgan fingerprint density at radius 2 is 1.00 bits per heavy atom. The molecule has 5 heteroatoms. The Labute approximate surface area is 77.3 Å². The van der Waals surface area contributed by atoms with Gasteiger partial charge < -0.3 is 15.3 Å². The Morgan fingerprint density at radius 3 is 1.18 bits per heavy atom. The quantitative estimate of drug-likeness (QED) is 0.450. The van der Waals surface area contributed by atoms with Gasteiger partial charge in [0, 0.05) is 36.7 Å². The molecular formula is C6H15FeNO3. The van der Waals surface area contributed by atoms with Crippen molar-refractivity contribution in [3.05, 3.63) is 0 Å². The van der Waals surface area contributed by atoms with E-state index in [0.717, 1.165) is 0 Å². The Hall–Kier alpha value is 0.359. The third-order valence-corrected chi connectivity index (χ3v) is 1.25. The van der Waals surface area contributed by atoms with E-state index in [4.69, 9.17) is 15.3 Å². The molecule has 0 fully saturated rings.